The maximum absolute atomic E-state index is 12.6. The van der Waals surface area contributed by atoms with Crippen molar-refractivity contribution >= 4 is 17.8 Å². The van der Waals surface area contributed by atoms with E-state index in [1.165, 1.54) is 18.9 Å². The molecule has 0 spiro atoms. The van der Waals surface area contributed by atoms with Gasteiger partial charge in [-0.3, -0.25) is 9.59 Å². The molecule has 1 amide bonds. The highest BCUT2D eigenvalue weighted by molar-refractivity contribution is 6.01. The Morgan fingerprint density at radius 2 is 1.88 bits per heavy atom. The van der Waals surface area contributed by atoms with Crippen molar-refractivity contribution < 1.29 is 33.3 Å². The Morgan fingerprint density at radius 1 is 1.23 bits per heavy atom. The number of rotatable bonds is 6. The Morgan fingerprint density at radius 3 is 2.54 bits per heavy atom. The van der Waals surface area contributed by atoms with E-state index in [0.717, 1.165) is 0 Å². The largest absolute Gasteiger partial charge is 0.456 e. The first kappa shape index (κ1) is 19.6. The van der Waals surface area contributed by atoms with Crippen LogP contribution >= 0.6 is 0 Å². The number of likely N-dealkylation sites (N-methyl/N-ethyl adjacent to an activating group) is 1. The minimum absolute atomic E-state index is 0.118. The lowest BCUT2D eigenvalue weighted by atomic mass is 10.0. The third-order valence-electron chi connectivity index (χ3n) is 3.87. The zero-order chi connectivity index (χ0) is 19.5. The van der Waals surface area contributed by atoms with Crippen LogP contribution in [0, 0.1) is 0 Å². The number of ketones is 1. The Balaban J connectivity index is 1.97. The van der Waals surface area contributed by atoms with E-state index in [1.54, 1.807) is 39.0 Å². The van der Waals surface area contributed by atoms with Crippen LogP contribution in [0.15, 0.2) is 18.2 Å². The Bertz CT molecular complexity index is 713. The molecule has 142 valence electrons. The van der Waals surface area contributed by atoms with E-state index in [1.807, 2.05) is 0 Å². The summed E-state index contributed by atoms with van der Waals surface area (Å²) in [5, 5.41) is 0. The molecule has 1 aromatic rings. The fourth-order valence-electron chi connectivity index (χ4n) is 2.38. The van der Waals surface area contributed by atoms with Crippen molar-refractivity contribution in [1.82, 2.24) is 4.90 Å². The third-order valence-corrected chi connectivity index (χ3v) is 3.87. The maximum atomic E-state index is 12.6. The second-order valence-electron chi connectivity index (χ2n) is 6.63. The lowest BCUT2D eigenvalue weighted by Gasteiger charge is -2.27. The van der Waals surface area contributed by atoms with Crippen LogP contribution in [0.5, 0.6) is 11.5 Å². The quantitative estimate of drug-likeness (QED) is 0.564. The Kier molecular flexibility index (Phi) is 5.74. The second kappa shape index (κ2) is 7.63. The summed E-state index contributed by atoms with van der Waals surface area (Å²) >= 11 is 0. The topological polar surface area (TPSA) is 91.4 Å². The van der Waals surface area contributed by atoms with Crippen molar-refractivity contribution in [3.63, 3.8) is 0 Å². The molecule has 0 fully saturated rings. The number of carbonyl (C=O) groups is 3. The van der Waals surface area contributed by atoms with E-state index < -0.39 is 23.7 Å². The molecular weight excluding hydrogens is 342 g/mol. The predicted octanol–water partition coefficient (Wildman–Crippen LogP) is 2.40. The second-order valence-corrected chi connectivity index (χ2v) is 6.63. The van der Waals surface area contributed by atoms with Gasteiger partial charge in [0.2, 0.25) is 6.79 Å². The fraction of sp³-hybridized carbons (Fsp3) is 0.500. The van der Waals surface area contributed by atoms with E-state index in [4.69, 9.17) is 18.9 Å². The molecular formula is C18H23NO7. The van der Waals surface area contributed by atoms with Gasteiger partial charge in [-0.2, -0.15) is 0 Å². The normalized spacial score (nSPS) is 13.7. The molecule has 1 atom stereocenters. The average Bonchev–Trinajstić information content (AvgIpc) is 3.04. The summed E-state index contributed by atoms with van der Waals surface area (Å²) in [4.78, 5) is 37.1. The summed E-state index contributed by atoms with van der Waals surface area (Å²) in [7, 11) is 1.47. The van der Waals surface area contributed by atoms with Gasteiger partial charge in [0.05, 0.1) is 6.04 Å². The molecule has 0 radical (unpaired) electrons. The summed E-state index contributed by atoms with van der Waals surface area (Å²) in [6, 6.07) is 4.11. The molecule has 1 unspecified atom stereocenters. The molecule has 1 aliphatic rings. The van der Waals surface area contributed by atoms with Crippen molar-refractivity contribution in [2.24, 2.45) is 0 Å². The summed E-state index contributed by atoms with van der Waals surface area (Å²) in [5.74, 6) is 0.346. The lowest BCUT2D eigenvalue weighted by molar-refractivity contribution is -0.157. The number of nitrogens with zero attached hydrogens (tertiary/aromatic N) is 1. The van der Waals surface area contributed by atoms with Crippen LogP contribution < -0.4 is 9.47 Å². The van der Waals surface area contributed by atoms with Crippen LogP contribution in [-0.2, 0) is 14.3 Å². The van der Waals surface area contributed by atoms with Crippen molar-refractivity contribution in [3.05, 3.63) is 23.8 Å². The molecule has 26 heavy (non-hydrogen) atoms. The van der Waals surface area contributed by atoms with Crippen LogP contribution in [0.2, 0.25) is 0 Å². The first-order valence-electron chi connectivity index (χ1n) is 8.14. The number of ether oxygens (including phenoxy) is 4. The fourth-order valence-corrected chi connectivity index (χ4v) is 2.38. The van der Waals surface area contributed by atoms with E-state index in [2.05, 4.69) is 0 Å². The van der Waals surface area contributed by atoms with Crippen molar-refractivity contribution in [2.45, 2.75) is 39.3 Å². The van der Waals surface area contributed by atoms with Gasteiger partial charge in [0.1, 0.15) is 12.2 Å². The average molecular weight is 365 g/mol. The molecule has 0 bridgehead atoms. The number of esters is 1. The van der Waals surface area contributed by atoms with E-state index in [0.29, 0.717) is 17.1 Å². The number of Topliss-reactive ketones (excluding diaryl/α,β-unsaturated/α-hetero) is 1. The minimum atomic E-state index is -0.951. The molecule has 8 nitrogen and oxygen atoms in total. The molecule has 0 saturated carbocycles. The van der Waals surface area contributed by atoms with Crippen LogP contribution in [0.1, 0.15) is 38.1 Å². The van der Waals surface area contributed by atoms with Crippen LogP contribution in [0.4, 0.5) is 4.79 Å². The molecule has 0 aromatic heterocycles. The number of hydrogen-bond acceptors (Lipinski definition) is 7. The standard InChI is InChI=1S/C18H23NO7/c1-11(16(21)13-6-7-14-15(8-13)25-10-24-14)19(5)17(22)23-9-18(3,4)26-12(2)20/h6-8,11H,9-10H2,1-5H3. The van der Waals surface area contributed by atoms with Gasteiger partial charge in [-0.1, -0.05) is 0 Å². The van der Waals surface area contributed by atoms with E-state index >= 15 is 0 Å². The number of benzene rings is 1. The summed E-state index contributed by atoms with van der Waals surface area (Å²) in [5.41, 5.74) is -0.547. The zero-order valence-corrected chi connectivity index (χ0v) is 15.5. The third kappa shape index (κ3) is 4.65. The highest BCUT2D eigenvalue weighted by Crippen LogP contribution is 2.33. The predicted molar refractivity (Wildman–Crippen MR) is 91.3 cm³/mol. The van der Waals surface area contributed by atoms with Gasteiger partial charge in [0.25, 0.3) is 0 Å². The van der Waals surface area contributed by atoms with Crippen LogP contribution in [0.3, 0.4) is 0 Å². The molecule has 2 rings (SSSR count). The van der Waals surface area contributed by atoms with Crippen molar-refractivity contribution in [2.75, 3.05) is 20.4 Å². The van der Waals surface area contributed by atoms with Gasteiger partial charge in [-0.05, 0) is 39.0 Å². The van der Waals surface area contributed by atoms with Crippen molar-refractivity contribution in [3.8, 4) is 11.5 Å². The molecule has 0 N–H and O–H groups in total. The first-order chi connectivity index (χ1) is 12.1. The highest BCUT2D eigenvalue weighted by atomic mass is 16.7. The smallest absolute Gasteiger partial charge is 0.410 e. The number of fused-ring (bicyclic) bond motifs is 1. The Hall–Kier alpha value is -2.77. The summed E-state index contributed by atoms with van der Waals surface area (Å²) in [6.45, 7) is 6.13. The van der Waals surface area contributed by atoms with E-state index in [-0.39, 0.29) is 19.2 Å². The first-order valence-corrected chi connectivity index (χ1v) is 8.14. The van der Waals surface area contributed by atoms with E-state index in [9.17, 15) is 14.4 Å². The Labute approximate surface area is 152 Å². The molecule has 1 aromatic carbocycles. The number of carbonyl (C=O) groups excluding carboxylic acids is 3. The molecule has 8 heteroatoms. The van der Waals surface area contributed by atoms with Gasteiger partial charge < -0.3 is 23.8 Å². The van der Waals surface area contributed by atoms with Gasteiger partial charge in [-0.15, -0.1) is 0 Å². The molecule has 1 heterocycles. The van der Waals surface area contributed by atoms with Crippen molar-refractivity contribution in [1.29, 1.82) is 0 Å². The monoisotopic (exact) mass is 365 g/mol. The van der Waals surface area contributed by atoms with Gasteiger partial charge in [0, 0.05) is 19.5 Å². The van der Waals surface area contributed by atoms with Gasteiger partial charge in [-0.25, -0.2) is 4.79 Å². The minimum Gasteiger partial charge on any atom is -0.456 e. The van der Waals surface area contributed by atoms with Crippen LogP contribution in [-0.4, -0.2) is 54.8 Å². The molecule has 0 aliphatic carbocycles. The van der Waals surface area contributed by atoms with Gasteiger partial charge in [0.15, 0.2) is 17.3 Å². The zero-order valence-electron chi connectivity index (χ0n) is 15.5. The summed E-state index contributed by atoms with van der Waals surface area (Å²) < 4.78 is 20.7. The van der Waals surface area contributed by atoms with Gasteiger partial charge >= 0.3 is 12.1 Å². The summed E-state index contributed by atoms with van der Waals surface area (Å²) in [6.07, 6.45) is -0.688. The lowest BCUT2D eigenvalue weighted by Crippen LogP contribution is -2.43. The van der Waals surface area contributed by atoms with Crippen LogP contribution in [0.25, 0.3) is 0 Å². The number of amides is 1. The number of hydrogen-bond donors (Lipinski definition) is 0. The maximum Gasteiger partial charge on any atom is 0.410 e. The molecule has 1 aliphatic heterocycles. The SMILES string of the molecule is CC(=O)OC(C)(C)COC(=O)N(C)C(C)C(=O)c1ccc2c(c1)OCO2. The molecule has 0 saturated heterocycles. The highest BCUT2D eigenvalue weighted by Gasteiger charge is 2.29.